The molecule has 0 heterocycles. The molecule has 0 aromatic heterocycles. The van der Waals surface area contributed by atoms with Crippen LogP contribution in [0, 0.1) is 0 Å². The molecule has 1 atom stereocenters. The zero-order chi connectivity index (χ0) is 14.1. The van der Waals surface area contributed by atoms with E-state index < -0.39 is 22.0 Å². The summed E-state index contributed by atoms with van der Waals surface area (Å²) in [5, 5.41) is 0. The van der Waals surface area contributed by atoms with E-state index in [0.717, 1.165) is 23.8 Å². The minimum atomic E-state index is -3.58. The molecule has 0 saturated carbocycles. The molecule has 0 saturated heterocycles. The predicted octanol–water partition coefficient (Wildman–Crippen LogP) is 1.42. The second-order valence-corrected chi connectivity index (χ2v) is 6.16. The Morgan fingerprint density at radius 2 is 1.84 bits per heavy atom. The maximum Gasteiger partial charge on any atom is 0.264 e. The van der Waals surface area contributed by atoms with Crippen LogP contribution in [-0.4, -0.2) is 35.0 Å². The van der Waals surface area contributed by atoms with Gasteiger partial charge in [0.25, 0.3) is 10.1 Å². The van der Waals surface area contributed by atoms with Gasteiger partial charge in [0.05, 0.1) is 6.26 Å². The molecule has 0 spiro atoms. The maximum atomic E-state index is 11.4. The van der Waals surface area contributed by atoms with E-state index in [4.69, 9.17) is 13.7 Å². The molecule has 0 N–H and O–H groups in total. The third-order valence-electron chi connectivity index (χ3n) is 3.39. The van der Waals surface area contributed by atoms with Crippen LogP contribution < -0.4 is 0 Å². The second kappa shape index (κ2) is 5.20. The van der Waals surface area contributed by atoms with Gasteiger partial charge in [0.15, 0.2) is 0 Å². The minimum Gasteiger partial charge on any atom is -0.347 e. The lowest BCUT2D eigenvalue weighted by Crippen LogP contribution is -2.48. The number of aryl methyl sites for hydroxylation is 1. The first-order valence-electron chi connectivity index (χ1n) is 6.00. The Kier molecular flexibility index (Phi) is 3.96. The Hall–Kier alpha value is -0.950. The van der Waals surface area contributed by atoms with Gasteiger partial charge >= 0.3 is 0 Å². The summed E-state index contributed by atoms with van der Waals surface area (Å²) in [6.07, 6.45) is 1.59. The van der Waals surface area contributed by atoms with Crippen LogP contribution in [0.15, 0.2) is 24.3 Å². The van der Waals surface area contributed by atoms with E-state index in [9.17, 15) is 8.42 Å². The van der Waals surface area contributed by atoms with Gasteiger partial charge in [-0.2, -0.15) is 8.42 Å². The molecule has 1 aliphatic rings. The van der Waals surface area contributed by atoms with Crippen molar-refractivity contribution < 1.29 is 22.1 Å². The summed E-state index contributed by atoms with van der Waals surface area (Å²) in [6.45, 7) is 0. The van der Waals surface area contributed by atoms with E-state index >= 15 is 0 Å². The van der Waals surface area contributed by atoms with E-state index in [1.165, 1.54) is 14.2 Å². The number of hydrogen-bond donors (Lipinski definition) is 0. The van der Waals surface area contributed by atoms with Gasteiger partial charge in [-0.3, -0.25) is 4.18 Å². The molecule has 0 fully saturated rings. The summed E-state index contributed by atoms with van der Waals surface area (Å²) in [5.41, 5.74) is 1.90. The molecule has 1 aliphatic carbocycles. The molecule has 0 radical (unpaired) electrons. The fraction of sp³-hybridized carbons (Fsp3) is 0.538. The highest BCUT2D eigenvalue weighted by Crippen LogP contribution is 2.40. The average molecular weight is 286 g/mol. The fourth-order valence-corrected chi connectivity index (χ4v) is 3.26. The van der Waals surface area contributed by atoms with Crippen molar-refractivity contribution in [1.29, 1.82) is 0 Å². The Balaban J connectivity index is 2.49. The second-order valence-electron chi connectivity index (χ2n) is 4.56. The molecular weight excluding hydrogens is 268 g/mol. The highest BCUT2D eigenvalue weighted by atomic mass is 32.2. The van der Waals surface area contributed by atoms with Crippen LogP contribution >= 0.6 is 0 Å². The topological polar surface area (TPSA) is 61.8 Å². The van der Waals surface area contributed by atoms with E-state index in [-0.39, 0.29) is 0 Å². The molecule has 106 valence electrons. The summed E-state index contributed by atoms with van der Waals surface area (Å²) in [7, 11) is -0.597. The summed E-state index contributed by atoms with van der Waals surface area (Å²) in [5.74, 6) is -1.18. The van der Waals surface area contributed by atoms with Crippen LogP contribution in [0.2, 0.25) is 0 Å². The van der Waals surface area contributed by atoms with Crippen LogP contribution in [0.25, 0.3) is 0 Å². The van der Waals surface area contributed by atoms with Gasteiger partial charge in [-0.05, 0) is 18.4 Å². The van der Waals surface area contributed by atoms with Gasteiger partial charge in [0.1, 0.15) is 6.10 Å². The van der Waals surface area contributed by atoms with Gasteiger partial charge in [0, 0.05) is 19.8 Å². The molecule has 0 bridgehead atoms. The zero-order valence-corrected chi connectivity index (χ0v) is 12.1. The third kappa shape index (κ3) is 2.67. The lowest BCUT2D eigenvalue weighted by atomic mass is 9.84. The van der Waals surface area contributed by atoms with E-state index in [1.807, 2.05) is 24.3 Å². The number of methoxy groups -OCH3 is 2. The molecule has 1 aromatic carbocycles. The van der Waals surface area contributed by atoms with Gasteiger partial charge in [0.2, 0.25) is 5.79 Å². The summed E-state index contributed by atoms with van der Waals surface area (Å²) >= 11 is 0. The molecule has 19 heavy (non-hydrogen) atoms. The molecule has 6 heteroatoms. The Labute approximate surface area is 113 Å². The highest BCUT2D eigenvalue weighted by molar-refractivity contribution is 7.86. The number of fused-ring (bicyclic) bond motifs is 1. The molecule has 0 amide bonds. The average Bonchev–Trinajstić information content (AvgIpc) is 2.37. The molecule has 0 aliphatic heterocycles. The van der Waals surface area contributed by atoms with Crippen molar-refractivity contribution >= 4 is 10.1 Å². The fourth-order valence-electron chi connectivity index (χ4n) is 2.62. The number of benzene rings is 1. The monoisotopic (exact) mass is 286 g/mol. The van der Waals surface area contributed by atoms with E-state index in [0.29, 0.717) is 6.42 Å². The van der Waals surface area contributed by atoms with Crippen LogP contribution in [-0.2, 0) is 36.0 Å². The molecule has 5 nitrogen and oxygen atoms in total. The van der Waals surface area contributed by atoms with Crippen molar-refractivity contribution in [3.63, 3.8) is 0 Å². The SMILES string of the molecule is COC1(OC)c2ccccc2CCC1OS(C)(=O)=O. The van der Waals surface area contributed by atoms with Gasteiger partial charge in [-0.15, -0.1) is 0 Å². The molecule has 2 rings (SSSR count). The lowest BCUT2D eigenvalue weighted by molar-refractivity contribution is -0.266. The third-order valence-corrected chi connectivity index (χ3v) is 3.97. The van der Waals surface area contributed by atoms with Crippen molar-refractivity contribution in [2.24, 2.45) is 0 Å². The van der Waals surface area contributed by atoms with Crippen molar-refractivity contribution in [2.45, 2.75) is 24.7 Å². The number of rotatable bonds is 4. The molecule has 1 aromatic rings. The smallest absolute Gasteiger partial charge is 0.264 e. The number of hydrogen-bond acceptors (Lipinski definition) is 5. The summed E-state index contributed by atoms with van der Waals surface area (Å²) < 4.78 is 39.0. The number of ether oxygens (including phenoxy) is 2. The van der Waals surface area contributed by atoms with Crippen molar-refractivity contribution in [3.05, 3.63) is 35.4 Å². The minimum absolute atomic E-state index is 0.520. The van der Waals surface area contributed by atoms with Crippen LogP contribution in [0.4, 0.5) is 0 Å². The first-order chi connectivity index (χ1) is 8.93. The van der Waals surface area contributed by atoms with Gasteiger partial charge in [-0.25, -0.2) is 0 Å². The predicted molar refractivity (Wildman–Crippen MR) is 70.2 cm³/mol. The highest BCUT2D eigenvalue weighted by Gasteiger charge is 2.47. The summed E-state index contributed by atoms with van der Waals surface area (Å²) in [4.78, 5) is 0. The Morgan fingerprint density at radius 1 is 1.21 bits per heavy atom. The Bertz CT molecular complexity index is 548. The van der Waals surface area contributed by atoms with E-state index in [1.54, 1.807) is 0 Å². The zero-order valence-electron chi connectivity index (χ0n) is 11.3. The maximum absolute atomic E-state index is 11.4. The first kappa shape index (κ1) is 14.5. The quantitative estimate of drug-likeness (QED) is 0.619. The van der Waals surface area contributed by atoms with Crippen molar-refractivity contribution in [2.75, 3.05) is 20.5 Å². The van der Waals surface area contributed by atoms with Crippen molar-refractivity contribution in [3.8, 4) is 0 Å². The van der Waals surface area contributed by atoms with Crippen LogP contribution in [0.5, 0.6) is 0 Å². The van der Waals surface area contributed by atoms with E-state index in [2.05, 4.69) is 0 Å². The van der Waals surface area contributed by atoms with Crippen LogP contribution in [0.1, 0.15) is 17.5 Å². The first-order valence-corrected chi connectivity index (χ1v) is 7.81. The largest absolute Gasteiger partial charge is 0.347 e. The molecular formula is C13H18O5S. The van der Waals surface area contributed by atoms with Gasteiger partial charge in [-0.1, -0.05) is 24.3 Å². The van der Waals surface area contributed by atoms with Crippen molar-refractivity contribution in [1.82, 2.24) is 0 Å². The molecule has 1 unspecified atom stereocenters. The normalized spacial score (nSPS) is 21.9. The van der Waals surface area contributed by atoms with Crippen LogP contribution in [0.3, 0.4) is 0 Å². The standard InChI is InChI=1S/C13H18O5S/c1-16-13(17-2)11-7-5-4-6-10(11)8-9-12(13)18-19(3,14)15/h4-7,12H,8-9H2,1-3H3. The summed E-state index contributed by atoms with van der Waals surface area (Å²) in [6, 6.07) is 7.67. The Morgan fingerprint density at radius 3 is 2.42 bits per heavy atom. The lowest BCUT2D eigenvalue weighted by Gasteiger charge is -2.41. The van der Waals surface area contributed by atoms with Gasteiger partial charge < -0.3 is 9.47 Å².